The quantitative estimate of drug-likeness (QED) is 0.0406. The van der Waals surface area contributed by atoms with Crippen LogP contribution in [0, 0.1) is 23.7 Å². The lowest BCUT2D eigenvalue weighted by atomic mass is 9.89. The standard InChI is InChI=1S/C41H71N3O14.C40H68N2O15/c1-5-6-7-8-35(41(49)43-36-11-9-34(30-45)10-12-36)29-37(46)40(33(2)3)44-39(48)32-58-28-26-56-24-22-54-20-18-52-16-14-50-13-15-51-17-19-53-21-23-55-25-27-57-31-38(47)42-4;1-4-5-6-7-34(40(48)41-35-10-8-33(29-43)9-11-35)28-36(44)39(32(2)3)42-37(45)30-56-26-24-54-22-20-52-18-16-50-14-12-49-13-15-51-17-19-53-21-23-55-25-27-57-31-38(46)47/h9-12,33,35,40,45H,5-8,13-32H2,1-4H3,(H,42,47)(H,43,49)(H,44,48);8-11,32,34,39,43H,4-7,12-31H2,1-3H3,(H,41,48)(H,42,45)(H,46,47)/t35-,40+;34-,39+/m11/s1. The second-order valence-corrected chi connectivity index (χ2v) is 26.8. The Morgan fingerprint density at radius 1 is 0.322 bits per heavy atom. The van der Waals surface area contributed by atoms with Gasteiger partial charge in [0.25, 0.3) is 0 Å². The molecule has 0 heterocycles. The number of benzene rings is 2. The molecular formula is C81H139N5O29. The van der Waals surface area contributed by atoms with Crippen LogP contribution in [0.25, 0.3) is 0 Å². The van der Waals surface area contributed by atoms with Gasteiger partial charge in [-0.25, -0.2) is 4.79 Å². The van der Waals surface area contributed by atoms with Gasteiger partial charge >= 0.3 is 5.97 Å². The highest BCUT2D eigenvalue weighted by Crippen LogP contribution is 2.23. The molecule has 0 aromatic heterocycles. The van der Waals surface area contributed by atoms with E-state index < -0.39 is 41.7 Å². The maximum absolute atomic E-state index is 13.4. The van der Waals surface area contributed by atoms with Crippen LogP contribution in [0.4, 0.5) is 11.4 Å². The number of carbonyl (C=O) groups is 8. The van der Waals surface area contributed by atoms with Crippen LogP contribution in [-0.4, -0.2) is 319 Å². The van der Waals surface area contributed by atoms with E-state index in [1.54, 1.807) is 55.6 Å². The van der Waals surface area contributed by atoms with Gasteiger partial charge in [-0.3, -0.25) is 33.6 Å². The maximum atomic E-state index is 13.4. The van der Waals surface area contributed by atoms with Crippen molar-refractivity contribution in [1.82, 2.24) is 16.0 Å². The van der Waals surface area contributed by atoms with E-state index in [1.807, 2.05) is 27.7 Å². The molecule has 2 rings (SSSR count). The number of anilines is 2. The third-order valence-electron chi connectivity index (χ3n) is 16.6. The van der Waals surface area contributed by atoms with Crippen molar-refractivity contribution >= 4 is 58.4 Å². The smallest absolute Gasteiger partial charge is 0.329 e. The molecule has 5 amide bonds. The molecule has 4 atom stereocenters. The van der Waals surface area contributed by atoms with Crippen molar-refractivity contribution in [3.63, 3.8) is 0 Å². The summed E-state index contributed by atoms with van der Waals surface area (Å²) in [5.74, 6) is -4.30. The van der Waals surface area contributed by atoms with Gasteiger partial charge in [-0.2, -0.15) is 0 Å². The molecule has 662 valence electrons. The molecule has 0 saturated heterocycles. The highest BCUT2D eigenvalue weighted by atomic mass is 16.6. The molecule has 0 radical (unpaired) electrons. The second-order valence-electron chi connectivity index (χ2n) is 26.8. The largest absolute Gasteiger partial charge is 0.480 e. The first-order chi connectivity index (χ1) is 55.9. The van der Waals surface area contributed by atoms with Gasteiger partial charge in [0.1, 0.15) is 26.4 Å². The number of carboxylic acids is 1. The minimum atomic E-state index is -1.01. The van der Waals surface area contributed by atoms with Crippen molar-refractivity contribution in [3.8, 4) is 0 Å². The predicted octanol–water partition coefficient (Wildman–Crippen LogP) is 4.96. The lowest BCUT2D eigenvalue weighted by Crippen LogP contribution is -2.46. The first kappa shape index (κ1) is 107. The minimum Gasteiger partial charge on any atom is -0.480 e. The normalized spacial score (nSPS) is 12.4. The summed E-state index contributed by atoms with van der Waals surface area (Å²) in [4.78, 5) is 99.7. The first-order valence-corrected chi connectivity index (χ1v) is 40.4. The number of ketones is 2. The Bertz CT molecular complexity index is 2720. The molecule has 0 spiro atoms. The van der Waals surface area contributed by atoms with Crippen LogP contribution in [0.3, 0.4) is 0 Å². The summed E-state index contributed by atoms with van der Waals surface area (Å²) in [6.45, 7) is 23.0. The van der Waals surface area contributed by atoms with E-state index in [9.17, 15) is 48.6 Å². The van der Waals surface area contributed by atoms with Gasteiger partial charge in [-0.15, -0.1) is 0 Å². The Kier molecular flexibility index (Phi) is 71.0. The molecule has 0 aliphatic rings. The number of aliphatic carboxylic acids is 1. The SMILES string of the molecule is CCCCC[C@H](CC(=O)[C@@H](NC(=O)COCCOCCOCCOCCOCCOCCOCCOCCOCC(=O)NC)C(C)C)C(=O)Nc1ccc(CO)cc1.CCCCC[C@H](CC(=O)[C@@H](NC(=O)COCCOCCOCCOCCOCCOCCOCCOCCOCC(=O)O)C(C)C)C(=O)Nc1ccc(CO)cc1. The molecule has 0 unspecified atom stereocenters. The van der Waals surface area contributed by atoms with E-state index in [1.165, 1.54) is 0 Å². The zero-order valence-corrected chi connectivity index (χ0v) is 69.5. The number of aliphatic hydroxyl groups is 2. The fraction of sp³-hybridized carbons (Fsp3) is 0.753. The van der Waals surface area contributed by atoms with Gasteiger partial charge in [0.15, 0.2) is 11.6 Å². The number of rotatable bonds is 80. The van der Waals surface area contributed by atoms with Gasteiger partial charge < -0.3 is 127 Å². The summed E-state index contributed by atoms with van der Waals surface area (Å²) in [6, 6.07) is 12.3. The van der Waals surface area contributed by atoms with Crippen LogP contribution < -0.4 is 26.6 Å². The predicted molar refractivity (Wildman–Crippen MR) is 426 cm³/mol. The number of amides is 5. The Morgan fingerprint density at radius 3 is 0.757 bits per heavy atom. The summed E-state index contributed by atoms with van der Waals surface area (Å²) < 4.78 is 97.0. The maximum Gasteiger partial charge on any atom is 0.329 e. The van der Waals surface area contributed by atoms with Crippen molar-refractivity contribution < 1.29 is 139 Å². The number of likely N-dealkylation sites (N-methyl/N-ethyl adjacent to an activating group) is 1. The monoisotopic (exact) mass is 1650 g/mol. The zero-order chi connectivity index (χ0) is 84.3. The summed E-state index contributed by atoms with van der Waals surface area (Å²) in [6.07, 6.45) is 6.65. The van der Waals surface area contributed by atoms with E-state index in [-0.39, 0.29) is 127 Å². The van der Waals surface area contributed by atoms with Gasteiger partial charge in [0, 0.05) is 43.1 Å². The topological polar surface area (TPSA) is 424 Å². The van der Waals surface area contributed by atoms with Gasteiger partial charge in [0.2, 0.25) is 29.5 Å². The van der Waals surface area contributed by atoms with Gasteiger partial charge in [-0.05, 0) is 60.1 Å². The zero-order valence-electron chi connectivity index (χ0n) is 69.5. The summed E-state index contributed by atoms with van der Waals surface area (Å²) in [7, 11) is 1.56. The number of carbonyl (C=O) groups excluding carboxylic acids is 7. The number of carboxylic acid groups (broad SMARTS) is 1. The number of Topliss-reactive ketones (excluding diaryl/α,β-unsaturated/α-hetero) is 2. The molecule has 0 aliphatic heterocycles. The summed E-state index contributed by atoms with van der Waals surface area (Å²) in [5.41, 5.74) is 2.66. The highest BCUT2D eigenvalue weighted by molar-refractivity contribution is 5.98. The molecular weight excluding hydrogens is 1510 g/mol. The molecule has 0 bridgehead atoms. The van der Waals surface area contributed by atoms with Crippen molar-refractivity contribution in [3.05, 3.63) is 59.7 Å². The number of aliphatic hydroxyl groups excluding tert-OH is 2. The fourth-order valence-corrected chi connectivity index (χ4v) is 10.3. The number of unbranched alkanes of at least 4 members (excludes halogenated alkanes) is 4. The van der Waals surface area contributed by atoms with Crippen LogP contribution in [0.15, 0.2) is 48.5 Å². The summed E-state index contributed by atoms with van der Waals surface area (Å²) >= 11 is 0. The highest BCUT2D eigenvalue weighted by Gasteiger charge is 2.31. The Labute approximate surface area is 680 Å². The van der Waals surface area contributed by atoms with E-state index in [0.717, 1.165) is 49.7 Å². The molecule has 115 heavy (non-hydrogen) atoms. The number of hydrogen-bond donors (Lipinski definition) is 8. The van der Waals surface area contributed by atoms with Crippen LogP contribution in [0.5, 0.6) is 0 Å². The Hall–Kier alpha value is -6.20. The van der Waals surface area contributed by atoms with Crippen LogP contribution >= 0.6 is 0 Å². The molecule has 34 nitrogen and oxygen atoms in total. The van der Waals surface area contributed by atoms with E-state index in [4.69, 9.17) is 90.4 Å². The van der Waals surface area contributed by atoms with Gasteiger partial charge in [0.05, 0.1) is 237 Å². The third-order valence-corrected chi connectivity index (χ3v) is 16.6. The fourth-order valence-electron chi connectivity index (χ4n) is 10.3. The Morgan fingerprint density at radius 2 is 0.548 bits per heavy atom. The van der Waals surface area contributed by atoms with Crippen LogP contribution in [-0.2, 0) is 137 Å². The van der Waals surface area contributed by atoms with Crippen LogP contribution in [0.2, 0.25) is 0 Å². The molecule has 0 fully saturated rings. The van der Waals surface area contributed by atoms with Crippen LogP contribution in [0.1, 0.15) is 117 Å². The third kappa shape index (κ3) is 63.5. The van der Waals surface area contributed by atoms with Crippen molar-refractivity contribution in [2.24, 2.45) is 23.7 Å². The molecule has 2 aromatic carbocycles. The second kappa shape index (κ2) is 76.5. The minimum absolute atomic E-state index is 0.0117. The molecule has 34 heteroatoms. The Balaban J connectivity index is 0.00000115. The summed E-state index contributed by atoms with van der Waals surface area (Å²) in [5, 5.41) is 40.9. The van der Waals surface area contributed by atoms with Crippen molar-refractivity contribution in [1.29, 1.82) is 0 Å². The molecule has 0 aliphatic carbocycles. The van der Waals surface area contributed by atoms with E-state index >= 15 is 0 Å². The van der Waals surface area contributed by atoms with E-state index in [0.29, 0.717) is 203 Å². The first-order valence-electron chi connectivity index (χ1n) is 40.4. The average molecular weight is 1650 g/mol. The molecule has 2 aromatic rings. The molecule has 0 saturated carbocycles. The number of hydrogen-bond acceptors (Lipinski definition) is 28. The van der Waals surface area contributed by atoms with E-state index in [2.05, 4.69) is 40.4 Å². The average Bonchev–Trinajstić information content (AvgIpc) is 0.865. The number of ether oxygens (including phenoxy) is 18. The molecule has 8 N–H and O–H groups in total. The number of nitrogens with one attached hydrogen (secondary N) is 5. The lowest BCUT2D eigenvalue weighted by Gasteiger charge is -2.24. The lowest BCUT2D eigenvalue weighted by molar-refractivity contribution is -0.143. The van der Waals surface area contributed by atoms with Crippen molar-refractivity contribution in [2.75, 3.05) is 256 Å². The van der Waals surface area contributed by atoms with Gasteiger partial charge in [-0.1, -0.05) is 104 Å². The van der Waals surface area contributed by atoms with Crippen molar-refractivity contribution in [2.45, 2.75) is 131 Å².